The van der Waals surface area contributed by atoms with Gasteiger partial charge in [-0.3, -0.25) is 4.68 Å². The lowest BCUT2D eigenvalue weighted by Gasteiger charge is -2.18. The fourth-order valence-electron chi connectivity index (χ4n) is 2.36. The lowest BCUT2D eigenvalue weighted by Crippen LogP contribution is -2.22. The minimum absolute atomic E-state index is 0.0592. The van der Waals surface area contributed by atoms with Crippen molar-refractivity contribution in [3.8, 4) is 0 Å². The predicted octanol–water partition coefficient (Wildman–Crippen LogP) is 2.99. The van der Waals surface area contributed by atoms with Gasteiger partial charge in [0.25, 0.3) is 0 Å². The number of benzene rings is 1. The Morgan fingerprint density at radius 2 is 2.05 bits per heavy atom. The minimum atomic E-state index is -0.554. The lowest BCUT2D eigenvalue weighted by atomic mass is 10.0. The Kier molecular flexibility index (Phi) is 4.49. The molecule has 0 saturated heterocycles. The van der Waals surface area contributed by atoms with Gasteiger partial charge in [-0.2, -0.15) is 5.10 Å². The van der Waals surface area contributed by atoms with Crippen LogP contribution >= 0.6 is 0 Å². The molecular weight excluding hydrogens is 260 g/mol. The first kappa shape index (κ1) is 14.7. The van der Waals surface area contributed by atoms with E-state index < -0.39 is 11.6 Å². The monoisotopic (exact) mass is 279 g/mol. The first-order valence-corrected chi connectivity index (χ1v) is 6.70. The average Bonchev–Trinajstić information content (AvgIpc) is 2.79. The first-order chi connectivity index (χ1) is 9.55. The van der Waals surface area contributed by atoms with Gasteiger partial charge in [0, 0.05) is 12.6 Å². The maximum Gasteiger partial charge on any atom is 0.129 e. The minimum Gasteiger partial charge on any atom is -0.311 e. The average molecular weight is 279 g/mol. The smallest absolute Gasteiger partial charge is 0.129 e. The number of hydrogen-bond donors (Lipinski definition) is 1. The highest BCUT2D eigenvalue weighted by Gasteiger charge is 2.17. The molecule has 0 fully saturated rings. The van der Waals surface area contributed by atoms with Gasteiger partial charge in [-0.15, -0.1) is 0 Å². The number of aryl methyl sites for hydroxylation is 2. The molecule has 0 aliphatic rings. The van der Waals surface area contributed by atoms with E-state index in [1.54, 1.807) is 0 Å². The highest BCUT2D eigenvalue weighted by molar-refractivity contribution is 5.23. The molecule has 1 unspecified atom stereocenters. The van der Waals surface area contributed by atoms with E-state index in [9.17, 15) is 8.78 Å². The topological polar surface area (TPSA) is 29.9 Å². The molecule has 0 radical (unpaired) electrons. The van der Waals surface area contributed by atoms with Gasteiger partial charge in [0.2, 0.25) is 0 Å². The molecule has 2 rings (SSSR count). The summed E-state index contributed by atoms with van der Waals surface area (Å²) in [5, 5.41) is 7.57. The molecule has 0 saturated carbocycles. The van der Waals surface area contributed by atoms with E-state index in [4.69, 9.17) is 0 Å². The Bertz CT molecular complexity index is 593. The van der Waals surface area contributed by atoms with Crippen LogP contribution in [0.2, 0.25) is 0 Å². The summed E-state index contributed by atoms with van der Waals surface area (Å²) in [6, 6.07) is 5.63. The molecule has 108 valence electrons. The van der Waals surface area contributed by atoms with Gasteiger partial charge in [0.05, 0.1) is 17.4 Å². The number of nitrogens with one attached hydrogen (secondary N) is 1. The van der Waals surface area contributed by atoms with Crippen LogP contribution in [0.3, 0.4) is 0 Å². The Balaban J connectivity index is 2.28. The first-order valence-electron chi connectivity index (χ1n) is 6.70. The molecular formula is C15H19F2N3. The van der Waals surface area contributed by atoms with Crippen LogP contribution in [0.25, 0.3) is 0 Å². The second-order valence-electron chi connectivity index (χ2n) is 4.81. The maximum absolute atomic E-state index is 13.8. The van der Waals surface area contributed by atoms with Crippen LogP contribution in [0.1, 0.15) is 29.9 Å². The summed E-state index contributed by atoms with van der Waals surface area (Å²) in [4.78, 5) is 0. The molecule has 0 aliphatic heterocycles. The second kappa shape index (κ2) is 6.13. The second-order valence-corrected chi connectivity index (χ2v) is 4.81. The van der Waals surface area contributed by atoms with Crippen molar-refractivity contribution in [3.05, 3.63) is 52.9 Å². The molecule has 5 heteroatoms. The van der Waals surface area contributed by atoms with Crippen LogP contribution in [0.15, 0.2) is 24.3 Å². The highest BCUT2D eigenvalue weighted by atomic mass is 19.1. The van der Waals surface area contributed by atoms with Crippen LogP contribution in [0, 0.1) is 18.6 Å². The molecule has 1 aromatic carbocycles. The Morgan fingerprint density at radius 1 is 1.30 bits per heavy atom. The molecule has 2 aromatic rings. The molecule has 1 aromatic heterocycles. The normalized spacial score (nSPS) is 12.7. The Morgan fingerprint density at radius 3 is 2.65 bits per heavy atom. The van der Waals surface area contributed by atoms with Gasteiger partial charge >= 0.3 is 0 Å². The van der Waals surface area contributed by atoms with Crippen molar-refractivity contribution in [2.75, 3.05) is 7.05 Å². The lowest BCUT2D eigenvalue weighted by molar-refractivity contribution is 0.498. The summed E-state index contributed by atoms with van der Waals surface area (Å²) in [7, 11) is 1.83. The molecule has 0 bridgehead atoms. The number of hydrogen-bond acceptors (Lipinski definition) is 2. The molecule has 1 N–H and O–H groups in total. The summed E-state index contributed by atoms with van der Waals surface area (Å²) < 4.78 is 28.6. The van der Waals surface area contributed by atoms with Crippen LogP contribution < -0.4 is 5.32 Å². The van der Waals surface area contributed by atoms with Gasteiger partial charge in [0.15, 0.2) is 0 Å². The zero-order valence-electron chi connectivity index (χ0n) is 12.0. The molecule has 3 nitrogen and oxygen atoms in total. The van der Waals surface area contributed by atoms with Crippen LogP contribution in [-0.2, 0) is 13.0 Å². The number of halogens is 2. The van der Waals surface area contributed by atoms with E-state index in [1.165, 1.54) is 12.1 Å². The molecule has 0 aliphatic carbocycles. The van der Waals surface area contributed by atoms with Crippen molar-refractivity contribution in [1.29, 1.82) is 0 Å². The van der Waals surface area contributed by atoms with Gasteiger partial charge < -0.3 is 5.32 Å². The van der Waals surface area contributed by atoms with Crippen molar-refractivity contribution in [2.45, 2.75) is 32.9 Å². The Labute approximate surface area is 117 Å². The SMILES string of the molecule is CCn1nc(C)cc1C(Cc1ccc(F)cc1F)NC. The standard InChI is InChI=1S/C15H19F2N3/c1-4-20-15(7-10(2)19-20)14(18-3)8-11-5-6-12(16)9-13(11)17/h5-7,9,14,18H,4,8H2,1-3H3. The van der Waals surface area contributed by atoms with E-state index in [1.807, 2.05) is 31.6 Å². The Hall–Kier alpha value is -1.75. The fraction of sp³-hybridized carbons (Fsp3) is 0.400. The van der Waals surface area contributed by atoms with Gasteiger partial charge in [-0.1, -0.05) is 6.07 Å². The molecule has 1 heterocycles. The fourth-order valence-corrected chi connectivity index (χ4v) is 2.36. The third kappa shape index (κ3) is 3.04. The van der Waals surface area contributed by atoms with Crippen molar-refractivity contribution in [2.24, 2.45) is 0 Å². The maximum atomic E-state index is 13.8. The summed E-state index contributed by atoms with van der Waals surface area (Å²) in [5.41, 5.74) is 2.44. The number of nitrogens with zero attached hydrogens (tertiary/aromatic N) is 2. The van der Waals surface area contributed by atoms with E-state index in [-0.39, 0.29) is 6.04 Å². The highest BCUT2D eigenvalue weighted by Crippen LogP contribution is 2.21. The number of rotatable bonds is 5. The summed E-state index contributed by atoms with van der Waals surface area (Å²) in [5.74, 6) is -1.06. The van der Waals surface area contributed by atoms with Gasteiger partial charge in [0.1, 0.15) is 11.6 Å². The van der Waals surface area contributed by atoms with E-state index in [0.29, 0.717) is 12.0 Å². The zero-order chi connectivity index (χ0) is 14.7. The van der Waals surface area contributed by atoms with Crippen molar-refractivity contribution in [1.82, 2.24) is 15.1 Å². The zero-order valence-corrected chi connectivity index (χ0v) is 12.0. The molecule has 20 heavy (non-hydrogen) atoms. The van der Waals surface area contributed by atoms with Crippen LogP contribution in [0.4, 0.5) is 8.78 Å². The number of aromatic nitrogens is 2. The van der Waals surface area contributed by atoms with Crippen molar-refractivity contribution < 1.29 is 8.78 Å². The third-order valence-electron chi connectivity index (χ3n) is 3.38. The van der Waals surface area contributed by atoms with Crippen molar-refractivity contribution in [3.63, 3.8) is 0 Å². The molecule has 0 amide bonds. The van der Waals surface area contributed by atoms with E-state index in [0.717, 1.165) is 24.0 Å². The van der Waals surface area contributed by atoms with Gasteiger partial charge in [-0.05, 0) is 45.0 Å². The summed E-state index contributed by atoms with van der Waals surface area (Å²) in [6.07, 6.45) is 0.452. The predicted molar refractivity (Wildman–Crippen MR) is 74.5 cm³/mol. The van der Waals surface area contributed by atoms with Crippen molar-refractivity contribution >= 4 is 0 Å². The van der Waals surface area contributed by atoms with Crippen LogP contribution in [-0.4, -0.2) is 16.8 Å². The quantitative estimate of drug-likeness (QED) is 0.912. The van der Waals surface area contributed by atoms with Gasteiger partial charge in [-0.25, -0.2) is 8.78 Å². The number of likely N-dealkylation sites (N-methyl/N-ethyl adjacent to an activating group) is 1. The summed E-state index contributed by atoms with van der Waals surface area (Å²) >= 11 is 0. The summed E-state index contributed by atoms with van der Waals surface area (Å²) in [6.45, 7) is 4.70. The van der Waals surface area contributed by atoms with E-state index >= 15 is 0 Å². The third-order valence-corrected chi connectivity index (χ3v) is 3.38. The van der Waals surface area contributed by atoms with E-state index in [2.05, 4.69) is 10.4 Å². The molecule has 1 atom stereocenters. The largest absolute Gasteiger partial charge is 0.311 e. The van der Waals surface area contributed by atoms with Crippen LogP contribution in [0.5, 0.6) is 0 Å². The molecule has 0 spiro atoms.